The van der Waals surface area contributed by atoms with Gasteiger partial charge in [-0.15, -0.1) is 0 Å². The Labute approximate surface area is 150 Å². The molecule has 0 aliphatic carbocycles. The summed E-state index contributed by atoms with van der Waals surface area (Å²) in [5, 5.41) is 9.33. The first-order chi connectivity index (χ1) is 12.2. The van der Waals surface area contributed by atoms with E-state index in [9.17, 15) is 18.4 Å². The molecule has 0 aliphatic heterocycles. The summed E-state index contributed by atoms with van der Waals surface area (Å²) in [6.45, 7) is 4.37. The zero-order chi connectivity index (χ0) is 19.3. The molecule has 1 aromatic carbocycles. The van der Waals surface area contributed by atoms with E-state index in [-0.39, 0.29) is 18.2 Å². The van der Waals surface area contributed by atoms with Gasteiger partial charge in [-0.05, 0) is 47.7 Å². The van der Waals surface area contributed by atoms with Gasteiger partial charge >= 0.3 is 6.18 Å². The molecule has 0 bridgehead atoms. The van der Waals surface area contributed by atoms with Crippen LogP contribution < -0.4 is 10.5 Å². The number of halogens is 3. The number of hydrogen-bond donors (Lipinski definition) is 1. The summed E-state index contributed by atoms with van der Waals surface area (Å²) >= 11 is 0. The van der Waals surface area contributed by atoms with Gasteiger partial charge in [0.1, 0.15) is 24.1 Å². The van der Waals surface area contributed by atoms with Gasteiger partial charge in [0.2, 0.25) is 0 Å². The Hall–Kier alpha value is -2.59. The number of ether oxygens (including phenoxy) is 1. The molecule has 0 spiro atoms. The first-order valence-corrected chi connectivity index (χ1v) is 8.17. The minimum Gasteiger partial charge on any atom is -0.491 e. The third-order valence-electron chi connectivity index (χ3n) is 3.71. The highest BCUT2D eigenvalue weighted by Crippen LogP contribution is 2.32. The first-order valence-electron chi connectivity index (χ1n) is 8.17. The molecule has 4 nitrogen and oxygen atoms in total. The van der Waals surface area contributed by atoms with Crippen LogP contribution in [0.2, 0.25) is 0 Å². The molecule has 138 valence electrons. The lowest BCUT2D eigenvalue weighted by atomic mass is 10.0. The van der Waals surface area contributed by atoms with Crippen LogP contribution in [0.15, 0.2) is 36.5 Å². The summed E-state index contributed by atoms with van der Waals surface area (Å²) in [6.07, 6.45) is -2.64. The van der Waals surface area contributed by atoms with Crippen LogP contribution in [-0.2, 0) is 6.18 Å². The van der Waals surface area contributed by atoms with Crippen LogP contribution in [0.1, 0.15) is 31.5 Å². The molecule has 0 aliphatic rings. The normalized spacial score (nSPS) is 12.7. The molecule has 7 heteroatoms. The van der Waals surface area contributed by atoms with Gasteiger partial charge in [0.25, 0.3) is 0 Å². The molecule has 1 unspecified atom stereocenters. The van der Waals surface area contributed by atoms with Gasteiger partial charge in [0, 0.05) is 12.2 Å². The van der Waals surface area contributed by atoms with Crippen molar-refractivity contribution in [3.05, 3.63) is 47.8 Å². The first kappa shape index (κ1) is 19.7. The molecule has 0 radical (unpaired) electrons. The van der Waals surface area contributed by atoms with E-state index in [0.29, 0.717) is 22.8 Å². The summed E-state index contributed by atoms with van der Waals surface area (Å²) in [5.74, 6) is 0.793. The summed E-state index contributed by atoms with van der Waals surface area (Å²) in [7, 11) is 0. The summed E-state index contributed by atoms with van der Waals surface area (Å²) in [4.78, 5) is 3.34. The van der Waals surface area contributed by atoms with Crippen molar-refractivity contribution in [3.8, 4) is 22.9 Å². The highest BCUT2D eigenvalue weighted by atomic mass is 19.4. The van der Waals surface area contributed by atoms with Gasteiger partial charge in [-0.2, -0.15) is 18.4 Å². The van der Waals surface area contributed by atoms with E-state index < -0.39 is 11.9 Å². The van der Waals surface area contributed by atoms with Crippen molar-refractivity contribution in [2.24, 2.45) is 11.7 Å². The second-order valence-corrected chi connectivity index (χ2v) is 6.45. The second-order valence-electron chi connectivity index (χ2n) is 6.45. The predicted molar refractivity (Wildman–Crippen MR) is 92.3 cm³/mol. The summed E-state index contributed by atoms with van der Waals surface area (Å²) in [6, 6.07) is 8.95. The van der Waals surface area contributed by atoms with Gasteiger partial charge < -0.3 is 10.5 Å². The third-order valence-corrected chi connectivity index (χ3v) is 3.71. The standard InChI is InChI=1S/C19H20F3N3O/c1-12(2)7-16(24)11-26-17-4-3-13(8-15(17)10-23)14-5-6-25-18(9-14)19(20,21)22/h3-6,8-9,12,16H,7,11,24H2,1-2H3. The van der Waals surface area contributed by atoms with E-state index in [0.717, 1.165) is 18.7 Å². The number of aromatic nitrogens is 1. The highest BCUT2D eigenvalue weighted by Gasteiger charge is 2.32. The van der Waals surface area contributed by atoms with Crippen molar-refractivity contribution in [3.63, 3.8) is 0 Å². The molecule has 1 heterocycles. The highest BCUT2D eigenvalue weighted by molar-refractivity contribution is 5.67. The van der Waals surface area contributed by atoms with Crippen LogP contribution in [0, 0.1) is 17.2 Å². The van der Waals surface area contributed by atoms with Crippen molar-refractivity contribution in [2.75, 3.05) is 6.61 Å². The number of nitrogens with two attached hydrogens (primary N) is 1. The van der Waals surface area contributed by atoms with Crippen molar-refractivity contribution in [1.29, 1.82) is 5.26 Å². The number of nitriles is 1. The fourth-order valence-corrected chi connectivity index (χ4v) is 2.56. The monoisotopic (exact) mass is 363 g/mol. The van der Waals surface area contributed by atoms with E-state index in [4.69, 9.17) is 10.5 Å². The molecule has 0 fully saturated rings. The van der Waals surface area contributed by atoms with Crippen LogP contribution in [0.3, 0.4) is 0 Å². The van der Waals surface area contributed by atoms with E-state index in [1.807, 2.05) is 6.07 Å². The van der Waals surface area contributed by atoms with Crippen molar-refractivity contribution in [1.82, 2.24) is 4.98 Å². The van der Waals surface area contributed by atoms with Gasteiger partial charge in [-0.25, -0.2) is 0 Å². The van der Waals surface area contributed by atoms with E-state index in [2.05, 4.69) is 18.8 Å². The largest absolute Gasteiger partial charge is 0.491 e. The number of pyridine rings is 1. The molecule has 0 saturated carbocycles. The average molecular weight is 363 g/mol. The Bertz CT molecular complexity index is 797. The number of nitrogens with zero attached hydrogens (tertiary/aromatic N) is 2. The number of hydrogen-bond acceptors (Lipinski definition) is 4. The van der Waals surface area contributed by atoms with E-state index in [1.54, 1.807) is 12.1 Å². The molecular weight excluding hydrogens is 343 g/mol. The maximum atomic E-state index is 12.8. The average Bonchev–Trinajstić information content (AvgIpc) is 2.58. The fourth-order valence-electron chi connectivity index (χ4n) is 2.56. The zero-order valence-corrected chi connectivity index (χ0v) is 14.5. The molecule has 1 aromatic heterocycles. The molecule has 0 saturated heterocycles. The van der Waals surface area contributed by atoms with E-state index >= 15 is 0 Å². The zero-order valence-electron chi connectivity index (χ0n) is 14.5. The molecule has 1 atom stereocenters. The molecule has 2 rings (SSSR count). The Morgan fingerprint density at radius 1 is 1.19 bits per heavy atom. The van der Waals surface area contributed by atoms with Crippen LogP contribution >= 0.6 is 0 Å². The van der Waals surface area contributed by atoms with Crippen LogP contribution in [0.25, 0.3) is 11.1 Å². The second kappa shape index (κ2) is 8.19. The van der Waals surface area contributed by atoms with E-state index in [1.165, 1.54) is 12.1 Å². The summed E-state index contributed by atoms with van der Waals surface area (Å²) in [5.41, 5.74) is 6.04. The van der Waals surface area contributed by atoms with Crippen LogP contribution in [-0.4, -0.2) is 17.6 Å². The van der Waals surface area contributed by atoms with Crippen LogP contribution in [0.4, 0.5) is 13.2 Å². The van der Waals surface area contributed by atoms with Gasteiger partial charge in [-0.3, -0.25) is 4.98 Å². The van der Waals surface area contributed by atoms with Crippen molar-refractivity contribution < 1.29 is 17.9 Å². The molecule has 2 aromatic rings. The Kier molecular flexibility index (Phi) is 6.22. The lowest BCUT2D eigenvalue weighted by Crippen LogP contribution is -2.29. The number of benzene rings is 1. The Morgan fingerprint density at radius 2 is 1.88 bits per heavy atom. The maximum absolute atomic E-state index is 12.8. The van der Waals surface area contributed by atoms with Crippen LogP contribution in [0.5, 0.6) is 5.75 Å². The third kappa shape index (κ3) is 5.20. The van der Waals surface area contributed by atoms with Gasteiger partial charge in [0.05, 0.1) is 5.56 Å². The number of rotatable bonds is 6. The smallest absolute Gasteiger partial charge is 0.433 e. The Morgan fingerprint density at radius 3 is 2.50 bits per heavy atom. The molecule has 2 N–H and O–H groups in total. The predicted octanol–water partition coefficient (Wildman–Crippen LogP) is 4.39. The molecular formula is C19H20F3N3O. The molecule has 26 heavy (non-hydrogen) atoms. The SMILES string of the molecule is CC(C)CC(N)COc1ccc(-c2ccnc(C(F)(F)F)c2)cc1C#N. The van der Waals surface area contributed by atoms with Crippen molar-refractivity contribution >= 4 is 0 Å². The quantitative estimate of drug-likeness (QED) is 0.826. The molecule has 0 amide bonds. The maximum Gasteiger partial charge on any atom is 0.433 e. The Balaban J connectivity index is 2.22. The fraction of sp³-hybridized carbons (Fsp3) is 0.368. The minimum absolute atomic E-state index is 0.157. The lowest BCUT2D eigenvalue weighted by Gasteiger charge is -2.16. The van der Waals surface area contributed by atoms with Crippen molar-refractivity contribution in [2.45, 2.75) is 32.5 Å². The minimum atomic E-state index is -4.52. The number of alkyl halides is 3. The van der Waals surface area contributed by atoms with Gasteiger partial charge in [0.15, 0.2) is 0 Å². The topological polar surface area (TPSA) is 71.9 Å². The van der Waals surface area contributed by atoms with Gasteiger partial charge in [-0.1, -0.05) is 19.9 Å². The lowest BCUT2D eigenvalue weighted by molar-refractivity contribution is -0.141. The summed E-state index contributed by atoms with van der Waals surface area (Å²) < 4.78 is 44.1.